The summed E-state index contributed by atoms with van der Waals surface area (Å²) >= 11 is 0. The fourth-order valence-electron chi connectivity index (χ4n) is 3.44. The van der Waals surface area contributed by atoms with E-state index in [0.29, 0.717) is 11.1 Å². The van der Waals surface area contributed by atoms with Crippen molar-refractivity contribution < 1.29 is 9.53 Å². The highest BCUT2D eigenvalue weighted by molar-refractivity contribution is 6.14. The van der Waals surface area contributed by atoms with E-state index in [1.807, 2.05) is 30.3 Å². The second-order valence-corrected chi connectivity index (χ2v) is 6.05. The summed E-state index contributed by atoms with van der Waals surface area (Å²) in [5.74, 6) is 0.774. The third-order valence-electron chi connectivity index (χ3n) is 4.70. The number of carbonyl (C=O) groups is 1. The van der Waals surface area contributed by atoms with Crippen LogP contribution in [-0.2, 0) is 6.54 Å². The van der Waals surface area contributed by atoms with Crippen molar-refractivity contribution in [3.05, 3.63) is 77.9 Å². The first-order chi connectivity index (χ1) is 12.2. The average Bonchev–Trinajstić information content (AvgIpc) is 3.00. The maximum absolute atomic E-state index is 12.9. The molecule has 0 radical (unpaired) electrons. The Hall–Kier alpha value is -3.07. The van der Waals surface area contributed by atoms with Crippen LogP contribution in [0.3, 0.4) is 0 Å². The van der Waals surface area contributed by atoms with Crippen molar-refractivity contribution in [1.29, 1.82) is 0 Å². The number of hydrogen-bond acceptors (Lipinski definition) is 2. The maximum atomic E-state index is 12.9. The molecule has 1 heterocycles. The second-order valence-electron chi connectivity index (χ2n) is 6.05. The maximum Gasteiger partial charge on any atom is 0.193 e. The van der Waals surface area contributed by atoms with Crippen molar-refractivity contribution in [1.82, 2.24) is 4.57 Å². The summed E-state index contributed by atoms with van der Waals surface area (Å²) in [6.07, 6.45) is 0. The van der Waals surface area contributed by atoms with Gasteiger partial charge in [-0.15, -0.1) is 0 Å². The molecule has 0 aliphatic carbocycles. The molecule has 0 bridgehead atoms. The van der Waals surface area contributed by atoms with Gasteiger partial charge in [0.05, 0.1) is 7.11 Å². The number of carbonyl (C=O) groups excluding carboxylic acids is 1. The van der Waals surface area contributed by atoms with Gasteiger partial charge in [0.15, 0.2) is 5.78 Å². The van der Waals surface area contributed by atoms with Gasteiger partial charge in [-0.05, 0) is 55.5 Å². The van der Waals surface area contributed by atoms with E-state index in [0.717, 1.165) is 23.2 Å². The number of benzene rings is 3. The number of rotatable bonds is 4. The van der Waals surface area contributed by atoms with Crippen LogP contribution in [0.5, 0.6) is 5.75 Å². The third-order valence-corrected chi connectivity index (χ3v) is 4.70. The first-order valence-electron chi connectivity index (χ1n) is 8.42. The second kappa shape index (κ2) is 6.10. The van der Waals surface area contributed by atoms with Gasteiger partial charge in [-0.1, -0.05) is 18.2 Å². The van der Waals surface area contributed by atoms with E-state index in [1.54, 1.807) is 19.2 Å². The monoisotopic (exact) mass is 329 g/mol. The van der Waals surface area contributed by atoms with Crippen molar-refractivity contribution in [3.63, 3.8) is 0 Å². The van der Waals surface area contributed by atoms with Crippen LogP contribution in [0.25, 0.3) is 21.8 Å². The zero-order valence-electron chi connectivity index (χ0n) is 14.3. The fraction of sp³-hybridized carbons (Fsp3) is 0.136. The summed E-state index contributed by atoms with van der Waals surface area (Å²) in [6, 6.07) is 21.6. The molecule has 0 N–H and O–H groups in total. The normalized spacial score (nSPS) is 11.1. The van der Waals surface area contributed by atoms with Crippen molar-refractivity contribution in [2.75, 3.05) is 7.11 Å². The predicted octanol–water partition coefficient (Wildman–Crippen LogP) is 5.05. The SMILES string of the molecule is CCn1c2ccccc2c2cc(C(=O)c3ccc(OC)cc3)ccc21. The van der Waals surface area contributed by atoms with Gasteiger partial charge in [-0.25, -0.2) is 0 Å². The molecule has 25 heavy (non-hydrogen) atoms. The van der Waals surface area contributed by atoms with Crippen LogP contribution < -0.4 is 4.74 Å². The topological polar surface area (TPSA) is 31.2 Å². The van der Waals surface area contributed by atoms with Crippen LogP contribution in [-0.4, -0.2) is 17.5 Å². The van der Waals surface area contributed by atoms with Gasteiger partial charge >= 0.3 is 0 Å². The highest BCUT2D eigenvalue weighted by Crippen LogP contribution is 2.30. The summed E-state index contributed by atoms with van der Waals surface area (Å²) in [7, 11) is 1.62. The summed E-state index contributed by atoms with van der Waals surface area (Å²) < 4.78 is 7.45. The predicted molar refractivity (Wildman–Crippen MR) is 102 cm³/mol. The lowest BCUT2D eigenvalue weighted by molar-refractivity contribution is 0.103. The fourth-order valence-corrected chi connectivity index (χ4v) is 3.44. The number of fused-ring (bicyclic) bond motifs is 3. The number of hydrogen-bond donors (Lipinski definition) is 0. The number of para-hydroxylation sites is 1. The van der Waals surface area contributed by atoms with E-state index in [2.05, 4.69) is 35.8 Å². The molecule has 3 heteroatoms. The Balaban J connectivity index is 1.85. The Bertz CT molecular complexity index is 1070. The highest BCUT2D eigenvalue weighted by atomic mass is 16.5. The molecule has 3 nitrogen and oxygen atoms in total. The molecular formula is C22H19NO2. The molecule has 4 aromatic rings. The third kappa shape index (κ3) is 2.49. The van der Waals surface area contributed by atoms with Gasteiger partial charge in [0.25, 0.3) is 0 Å². The minimum absolute atomic E-state index is 0.0258. The van der Waals surface area contributed by atoms with Crippen molar-refractivity contribution in [2.45, 2.75) is 13.5 Å². The minimum Gasteiger partial charge on any atom is -0.497 e. The molecule has 0 aliphatic rings. The highest BCUT2D eigenvalue weighted by Gasteiger charge is 2.14. The van der Waals surface area contributed by atoms with Crippen LogP contribution in [0.15, 0.2) is 66.7 Å². The molecule has 0 fully saturated rings. The van der Waals surface area contributed by atoms with Crippen molar-refractivity contribution >= 4 is 27.6 Å². The molecule has 0 amide bonds. The first-order valence-corrected chi connectivity index (χ1v) is 8.42. The molecule has 1 aromatic heterocycles. The zero-order valence-corrected chi connectivity index (χ0v) is 14.3. The number of aryl methyl sites for hydroxylation is 1. The summed E-state index contributed by atoms with van der Waals surface area (Å²) in [5, 5.41) is 2.31. The van der Waals surface area contributed by atoms with E-state index >= 15 is 0 Å². The van der Waals surface area contributed by atoms with E-state index in [1.165, 1.54) is 10.9 Å². The van der Waals surface area contributed by atoms with Crippen LogP contribution in [0.2, 0.25) is 0 Å². The Morgan fingerprint density at radius 2 is 1.56 bits per heavy atom. The lowest BCUT2D eigenvalue weighted by Gasteiger charge is -2.05. The zero-order chi connectivity index (χ0) is 17.4. The lowest BCUT2D eigenvalue weighted by Crippen LogP contribution is -2.01. The number of ketones is 1. The summed E-state index contributed by atoms with van der Waals surface area (Å²) in [6.45, 7) is 3.04. The van der Waals surface area contributed by atoms with Crippen LogP contribution in [0, 0.1) is 0 Å². The Labute approximate surface area is 146 Å². The Morgan fingerprint density at radius 1 is 0.880 bits per heavy atom. The van der Waals surface area contributed by atoms with Gasteiger partial charge in [0, 0.05) is 39.5 Å². The van der Waals surface area contributed by atoms with Gasteiger partial charge in [-0.3, -0.25) is 4.79 Å². The molecule has 0 unspecified atom stereocenters. The largest absolute Gasteiger partial charge is 0.497 e. The number of methoxy groups -OCH3 is 1. The van der Waals surface area contributed by atoms with E-state index < -0.39 is 0 Å². The molecule has 4 rings (SSSR count). The molecule has 0 saturated heterocycles. The molecule has 0 spiro atoms. The lowest BCUT2D eigenvalue weighted by atomic mass is 10.0. The smallest absolute Gasteiger partial charge is 0.193 e. The van der Waals surface area contributed by atoms with Crippen LogP contribution >= 0.6 is 0 Å². The minimum atomic E-state index is 0.0258. The van der Waals surface area contributed by atoms with E-state index in [4.69, 9.17) is 4.74 Å². The van der Waals surface area contributed by atoms with Gasteiger partial charge < -0.3 is 9.30 Å². The van der Waals surface area contributed by atoms with E-state index in [-0.39, 0.29) is 5.78 Å². The molecule has 0 atom stereocenters. The number of ether oxygens (including phenoxy) is 1. The number of nitrogens with zero attached hydrogens (tertiary/aromatic N) is 1. The van der Waals surface area contributed by atoms with E-state index in [9.17, 15) is 4.79 Å². The van der Waals surface area contributed by atoms with Gasteiger partial charge in [0.1, 0.15) is 5.75 Å². The van der Waals surface area contributed by atoms with Crippen LogP contribution in [0.4, 0.5) is 0 Å². The first kappa shape index (κ1) is 15.5. The van der Waals surface area contributed by atoms with Crippen molar-refractivity contribution in [3.8, 4) is 5.75 Å². The van der Waals surface area contributed by atoms with Crippen molar-refractivity contribution in [2.24, 2.45) is 0 Å². The summed E-state index contributed by atoms with van der Waals surface area (Å²) in [4.78, 5) is 12.9. The molecule has 0 aliphatic heterocycles. The van der Waals surface area contributed by atoms with Gasteiger partial charge in [-0.2, -0.15) is 0 Å². The Morgan fingerprint density at radius 3 is 2.28 bits per heavy atom. The summed E-state index contributed by atoms with van der Waals surface area (Å²) in [5.41, 5.74) is 3.74. The molecule has 0 saturated carbocycles. The average molecular weight is 329 g/mol. The molecule has 3 aromatic carbocycles. The Kier molecular flexibility index (Phi) is 3.77. The van der Waals surface area contributed by atoms with Crippen LogP contribution in [0.1, 0.15) is 22.8 Å². The number of aromatic nitrogens is 1. The standard InChI is InChI=1S/C22H19NO2/c1-3-23-20-7-5-4-6-18(20)19-14-16(10-13-21(19)23)22(24)15-8-11-17(25-2)12-9-15/h4-14H,3H2,1-2H3. The quantitative estimate of drug-likeness (QED) is 0.490. The van der Waals surface area contributed by atoms with Gasteiger partial charge in [0.2, 0.25) is 0 Å². The molecule has 124 valence electrons. The molecular weight excluding hydrogens is 310 g/mol.